The van der Waals surface area contributed by atoms with Gasteiger partial charge >= 0.3 is 0 Å². The Kier molecular flexibility index (Phi) is 4.14. The van der Waals surface area contributed by atoms with E-state index in [0.29, 0.717) is 0 Å². The normalized spacial score (nSPS) is 10.5. The predicted octanol–water partition coefficient (Wildman–Crippen LogP) is 4.17. The molecular weight excluding hydrogens is 211 g/mol. The van der Waals surface area contributed by atoms with Crippen molar-refractivity contribution in [1.29, 1.82) is 0 Å². The van der Waals surface area contributed by atoms with Crippen LogP contribution in [0.15, 0.2) is 29.2 Å². The third kappa shape index (κ3) is 3.75. The number of rotatable bonds is 2. The Labute approximate surface area is 83.0 Å². The van der Waals surface area contributed by atoms with Crippen LogP contribution in [-0.4, -0.2) is 0 Å². The SMILES string of the molecule is Cc1ccc(SP(S)S)cc1. The molecule has 0 amide bonds. The van der Waals surface area contributed by atoms with Gasteiger partial charge in [0.15, 0.2) is 0 Å². The monoisotopic (exact) mass is 220 g/mol. The van der Waals surface area contributed by atoms with Gasteiger partial charge in [-0.2, -0.15) is 0 Å². The van der Waals surface area contributed by atoms with Crippen LogP contribution in [0.2, 0.25) is 0 Å². The Morgan fingerprint density at radius 3 is 2.18 bits per heavy atom. The smallest absolute Gasteiger partial charge is 0.0715 e. The minimum atomic E-state index is -0.481. The van der Waals surface area contributed by atoms with E-state index in [0.717, 1.165) is 0 Å². The summed E-state index contributed by atoms with van der Waals surface area (Å²) in [6, 6.07) is 8.40. The molecule has 0 radical (unpaired) electrons. The molecule has 0 saturated heterocycles. The zero-order chi connectivity index (χ0) is 8.27. The quantitative estimate of drug-likeness (QED) is 0.557. The van der Waals surface area contributed by atoms with Crippen molar-refractivity contribution in [2.75, 3.05) is 0 Å². The summed E-state index contributed by atoms with van der Waals surface area (Å²) in [5.41, 5.74) is 0.808. The lowest BCUT2D eigenvalue weighted by Gasteiger charge is -2.02. The van der Waals surface area contributed by atoms with E-state index in [1.807, 2.05) is 0 Å². The molecule has 0 aliphatic heterocycles. The number of hydrogen-bond acceptors (Lipinski definition) is 3. The van der Waals surface area contributed by atoms with Crippen LogP contribution in [0, 0.1) is 6.92 Å². The molecule has 0 N–H and O–H groups in total. The summed E-state index contributed by atoms with van der Waals surface area (Å²) in [7, 11) is 0. The van der Waals surface area contributed by atoms with Crippen molar-refractivity contribution in [2.24, 2.45) is 0 Å². The molecule has 0 aliphatic rings. The highest BCUT2D eigenvalue weighted by Gasteiger charge is 1.97. The third-order valence-electron chi connectivity index (χ3n) is 1.21. The molecular formula is C7H9PS3. The average Bonchev–Trinajstić information content (AvgIpc) is 1.93. The third-order valence-corrected chi connectivity index (χ3v) is 4.45. The maximum absolute atomic E-state index is 4.23. The highest BCUT2D eigenvalue weighted by molar-refractivity contribution is 9.06. The number of thiol groups is 2. The maximum atomic E-state index is 4.23. The second kappa shape index (κ2) is 4.66. The summed E-state index contributed by atoms with van der Waals surface area (Å²) >= 11 is 10.2. The minimum Gasteiger partial charge on any atom is -0.130 e. The molecule has 0 fully saturated rings. The van der Waals surface area contributed by atoms with Crippen molar-refractivity contribution in [3.8, 4) is 0 Å². The first-order valence-electron chi connectivity index (χ1n) is 3.11. The Hall–Kier alpha value is 0.700. The molecule has 0 unspecified atom stereocenters. The van der Waals surface area contributed by atoms with Gasteiger partial charge in [-0.15, -0.1) is 24.5 Å². The van der Waals surface area contributed by atoms with E-state index in [-0.39, 0.29) is 0 Å². The van der Waals surface area contributed by atoms with Crippen molar-refractivity contribution >= 4 is 41.4 Å². The van der Waals surface area contributed by atoms with E-state index < -0.39 is 5.53 Å². The van der Waals surface area contributed by atoms with Crippen LogP contribution in [0.3, 0.4) is 0 Å². The van der Waals surface area contributed by atoms with Crippen molar-refractivity contribution < 1.29 is 0 Å². The zero-order valence-corrected chi connectivity index (χ0v) is 9.56. The summed E-state index contributed by atoms with van der Waals surface area (Å²) in [6.07, 6.45) is 0. The first-order chi connectivity index (χ1) is 5.18. The standard InChI is InChI=1S/C7H9PS3/c1-6-2-4-7(5-3-6)11-8(9)10/h2-5,9-10H,1H3. The molecule has 0 aliphatic carbocycles. The lowest BCUT2D eigenvalue weighted by atomic mass is 10.2. The van der Waals surface area contributed by atoms with E-state index in [4.69, 9.17) is 0 Å². The zero-order valence-electron chi connectivity index (χ0n) is 6.06. The van der Waals surface area contributed by atoms with Gasteiger partial charge < -0.3 is 0 Å². The van der Waals surface area contributed by atoms with Crippen molar-refractivity contribution in [3.05, 3.63) is 29.8 Å². The Bertz CT molecular complexity index is 220. The fourth-order valence-electron chi connectivity index (χ4n) is 0.693. The first kappa shape index (κ1) is 9.79. The average molecular weight is 220 g/mol. The Morgan fingerprint density at radius 1 is 1.18 bits per heavy atom. The topological polar surface area (TPSA) is 0 Å². The molecule has 0 aromatic heterocycles. The summed E-state index contributed by atoms with van der Waals surface area (Å²) in [6.45, 7) is 2.08. The van der Waals surface area contributed by atoms with Crippen molar-refractivity contribution in [3.63, 3.8) is 0 Å². The van der Waals surface area contributed by atoms with Crippen LogP contribution in [0.5, 0.6) is 0 Å². The van der Waals surface area contributed by atoms with Crippen LogP contribution >= 0.6 is 41.4 Å². The fraction of sp³-hybridized carbons (Fsp3) is 0.143. The maximum Gasteiger partial charge on any atom is 0.0715 e. The first-order valence-corrected chi connectivity index (χ1v) is 8.18. The highest BCUT2D eigenvalue weighted by Crippen LogP contribution is 2.61. The molecule has 4 heteroatoms. The second-order valence-electron chi connectivity index (χ2n) is 2.16. The van der Waals surface area contributed by atoms with E-state index in [9.17, 15) is 0 Å². The predicted molar refractivity (Wildman–Crippen MR) is 61.9 cm³/mol. The largest absolute Gasteiger partial charge is 0.130 e. The lowest BCUT2D eigenvalue weighted by molar-refractivity contribution is 1.38. The molecule has 11 heavy (non-hydrogen) atoms. The number of aryl methyl sites for hydroxylation is 1. The van der Waals surface area contributed by atoms with Gasteiger partial charge in [-0.25, -0.2) is 0 Å². The molecule has 0 atom stereocenters. The lowest BCUT2D eigenvalue weighted by Crippen LogP contribution is -1.69. The van der Waals surface area contributed by atoms with Gasteiger partial charge in [-0.05, 0) is 19.1 Å². The van der Waals surface area contributed by atoms with Crippen molar-refractivity contribution in [2.45, 2.75) is 11.8 Å². The molecule has 0 heterocycles. The summed E-state index contributed by atoms with van der Waals surface area (Å²) < 4.78 is 0. The molecule has 0 saturated carbocycles. The van der Waals surface area contributed by atoms with Gasteiger partial charge in [-0.1, -0.05) is 29.1 Å². The molecule has 0 nitrogen and oxygen atoms in total. The van der Waals surface area contributed by atoms with Crippen LogP contribution in [0.25, 0.3) is 0 Å². The number of hydrogen-bond donors (Lipinski definition) is 2. The van der Waals surface area contributed by atoms with E-state index >= 15 is 0 Å². The van der Waals surface area contributed by atoms with Crippen LogP contribution in [-0.2, 0) is 0 Å². The van der Waals surface area contributed by atoms with Gasteiger partial charge in [0.05, 0.1) is 5.53 Å². The molecule has 0 spiro atoms. The van der Waals surface area contributed by atoms with Crippen molar-refractivity contribution in [1.82, 2.24) is 0 Å². The highest BCUT2D eigenvalue weighted by atomic mass is 33.3. The van der Waals surface area contributed by atoms with E-state index in [1.165, 1.54) is 10.5 Å². The molecule has 1 aromatic rings. The number of benzene rings is 1. The second-order valence-corrected chi connectivity index (χ2v) is 9.93. The van der Waals surface area contributed by atoms with Gasteiger partial charge in [-0.3, -0.25) is 0 Å². The van der Waals surface area contributed by atoms with Gasteiger partial charge in [0.1, 0.15) is 0 Å². The summed E-state index contributed by atoms with van der Waals surface area (Å²) in [5, 5.41) is 0. The Morgan fingerprint density at radius 2 is 1.73 bits per heavy atom. The van der Waals surface area contributed by atoms with Gasteiger partial charge in [0.25, 0.3) is 0 Å². The summed E-state index contributed by atoms with van der Waals surface area (Å²) in [4.78, 5) is 1.24. The fourth-order valence-corrected chi connectivity index (χ4v) is 3.77. The van der Waals surface area contributed by atoms with Gasteiger partial charge in [0.2, 0.25) is 0 Å². The van der Waals surface area contributed by atoms with Crippen LogP contribution in [0.1, 0.15) is 5.56 Å². The van der Waals surface area contributed by atoms with E-state index in [1.54, 1.807) is 11.4 Å². The van der Waals surface area contributed by atoms with E-state index in [2.05, 4.69) is 55.7 Å². The molecule has 0 bridgehead atoms. The molecule has 1 aromatic carbocycles. The van der Waals surface area contributed by atoms with Crippen LogP contribution < -0.4 is 0 Å². The summed E-state index contributed by atoms with van der Waals surface area (Å²) in [5.74, 6) is 0. The van der Waals surface area contributed by atoms with Crippen LogP contribution in [0.4, 0.5) is 0 Å². The Balaban J connectivity index is 2.66. The minimum absolute atomic E-state index is 0.481. The van der Waals surface area contributed by atoms with Gasteiger partial charge in [0, 0.05) is 4.90 Å². The molecule has 1 rings (SSSR count). The molecule has 60 valence electrons.